The molecule has 18 heavy (non-hydrogen) atoms. The number of thioether (sulfide) groups is 1. The summed E-state index contributed by atoms with van der Waals surface area (Å²) in [6.07, 6.45) is 0. The smallest absolute Gasteiger partial charge is 0.174 e. The molecule has 2 aromatic heterocycles. The van der Waals surface area contributed by atoms with Gasteiger partial charge in [0.15, 0.2) is 4.34 Å². The summed E-state index contributed by atoms with van der Waals surface area (Å²) in [4.78, 5) is 7.84. The fourth-order valence-electron chi connectivity index (χ4n) is 1.57. The molecule has 3 rings (SSSR count). The molecule has 3 aromatic rings. The molecule has 92 valence electrons. The van der Waals surface area contributed by atoms with E-state index in [1.807, 2.05) is 25.1 Å². The van der Waals surface area contributed by atoms with Gasteiger partial charge < -0.3 is 4.98 Å². The quantitative estimate of drug-likeness (QED) is 0.737. The SMILES string of the molecule is Cc1nnc(SCc2nc3ccc(Br)cc3[nH]2)s1. The predicted octanol–water partition coefficient (Wildman–Crippen LogP) is 3.78. The van der Waals surface area contributed by atoms with Crippen LogP contribution in [0.2, 0.25) is 0 Å². The molecule has 0 spiro atoms. The van der Waals surface area contributed by atoms with Gasteiger partial charge in [0.05, 0.1) is 16.8 Å². The lowest BCUT2D eigenvalue weighted by Gasteiger charge is -1.91. The van der Waals surface area contributed by atoms with Crippen molar-refractivity contribution in [2.24, 2.45) is 0 Å². The van der Waals surface area contributed by atoms with Gasteiger partial charge in [0.1, 0.15) is 10.8 Å². The third-order valence-corrected chi connectivity index (χ3v) is 4.81. The zero-order chi connectivity index (χ0) is 12.5. The number of nitrogens with one attached hydrogen (secondary N) is 1. The number of hydrogen-bond donors (Lipinski definition) is 1. The van der Waals surface area contributed by atoms with Crippen molar-refractivity contribution >= 4 is 50.1 Å². The summed E-state index contributed by atoms with van der Waals surface area (Å²) in [5.74, 6) is 1.74. The van der Waals surface area contributed by atoms with Crippen molar-refractivity contribution in [3.63, 3.8) is 0 Å². The highest BCUT2D eigenvalue weighted by atomic mass is 79.9. The molecule has 0 saturated carbocycles. The van der Waals surface area contributed by atoms with Gasteiger partial charge in [0, 0.05) is 4.47 Å². The zero-order valence-electron chi connectivity index (χ0n) is 9.48. The number of aromatic nitrogens is 4. The Bertz CT molecular complexity index is 691. The van der Waals surface area contributed by atoms with Crippen molar-refractivity contribution in [2.75, 3.05) is 0 Å². The van der Waals surface area contributed by atoms with Crippen LogP contribution in [0.1, 0.15) is 10.8 Å². The third-order valence-electron chi connectivity index (χ3n) is 2.33. The van der Waals surface area contributed by atoms with Gasteiger partial charge in [-0.2, -0.15) is 0 Å². The van der Waals surface area contributed by atoms with Crippen LogP contribution in [0, 0.1) is 6.92 Å². The molecule has 4 nitrogen and oxygen atoms in total. The molecule has 0 atom stereocenters. The summed E-state index contributed by atoms with van der Waals surface area (Å²) in [6, 6.07) is 6.03. The molecule has 0 amide bonds. The van der Waals surface area contributed by atoms with Crippen LogP contribution in [0.4, 0.5) is 0 Å². The van der Waals surface area contributed by atoms with Gasteiger partial charge in [-0.15, -0.1) is 10.2 Å². The van der Waals surface area contributed by atoms with Gasteiger partial charge in [0.2, 0.25) is 0 Å². The molecule has 0 aliphatic rings. The minimum absolute atomic E-state index is 0.779. The number of H-pyrrole nitrogens is 1. The maximum atomic E-state index is 4.53. The Balaban J connectivity index is 1.78. The van der Waals surface area contributed by atoms with Gasteiger partial charge >= 0.3 is 0 Å². The van der Waals surface area contributed by atoms with E-state index < -0.39 is 0 Å². The molecule has 0 radical (unpaired) electrons. The topological polar surface area (TPSA) is 54.5 Å². The highest BCUT2D eigenvalue weighted by Crippen LogP contribution is 2.26. The van der Waals surface area contributed by atoms with Gasteiger partial charge in [-0.25, -0.2) is 4.98 Å². The Kier molecular flexibility index (Phi) is 3.36. The predicted molar refractivity (Wildman–Crippen MR) is 78.0 cm³/mol. The summed E-state index contributed by atoms with van der Waals surface area (Å²) < 4.78 is 2.03. The number of aromatic amines is 1. The van der Waals surface area contributed by atoms with E-state index in [2.05, 4.69) is 36.1 Å². The molecular weight excluding hydrogens is 332 g/mol. The van der Waals surface area contributed by atoms with E-state index in [0.717, 1.165) is 36.4 Å². The lowest BCUT2D eigenvalue weighted by atomic mass is 10.3. The van der Waals surface area contributed by atoms with Crippen molar-refractivity contribution in [2.45, 2.75) is 17.0 Å². The number of rotatable bonds is 3. The molecule has 2 heterocycles. The first kappa shape index (κ1) is 12.1. The van der Waals surface area contributed by atoms with Crippen LogP contribution in [-0.4, -0.2) is 20.2 Å². The van der Waals surface area contributed by atoms with Crippen LogP contribution in [0.3, 0.4) is 0 Å². The van der Waals surface area contributed by atoms with Crippen molar-refractivity contribution in [1.29, 1.82) is 0 Å². The van der Waals surface area contributed by atoms with Crippen molar-refractivity contribution in [3.05, 3.63) is 33.5 Å². The van der Waals surface area contributed by atoms with Crippen LogP contribution in [0.15, 0.2) is 27.0 Å². The first-order chi connectivity index (χ1) is 8.70. The van der Waals surface area contributed by atoms with Crippen LogP contribution in [0.5, 0.6) is 0 Å². The summed E-state index contributed by atoms with van der Waals surface area (Å²) in [5.41, 5.74) is 2.04. The summed E-state index contributed by atoms with van der Waals surface area (Å²) in [5, 5.41) is 9.07. The number of imidazole rings is 1. The molecule has 7 heteroatoms. The molecule has 1 N–H and O–H groups in total. The van der Waals surface area contributed by atoms with Crippen LogP contribution < -0.4 is 0 Å². The summed E-state index contributed by atoms with van der Waals surface area (Å²) >= 11 is 6.71. The van der Waals surface area contributed by atoms with E-state index in [-0.39, 0.29) is 0 Å². The molecule has 0 unspecified atom stereocenters. The fourth-order valence-corrected chi connectivity index (χ4v) is 3.62. The average molecular weight is 341 g/mol. The number of fused-ring (bicyclic) bond motifs is 1. The lowest BCUT2D eigenvalue weighted by Crippen LogP contribution is -1.82. The molecule has 0 saturated heterocycles. The number of aryl methyl sites for hydroxylation is 1. The second-order valence-electron chi connectivity index (χ2n) is 3.72. The number of nitrogens with zero attached hydrogens (tertiary/aromatic N) is 3. The van der Waals surface area contributed by atoms with E-state index >= 15 is 0 Å². The zero-order valence-corrected chi connectivity index (χ0v) is 12.7. The molecule has 0 aliphatic carbocycles. The molecule has 1 aromatic carbocycles. The standard InChI is InChI=1S/C11H9BrN4S2/c1-6-15-16-11(18-6)17-5-10-13-8-3-2-7(12)4-9(8)14-10/h2-4H,5H2,1H3,(H,13,14). The van der Waals surface area contributed by atoms with E-state index in [0.29, 0.717) is 0 Å². The Morgan fingerprint density at radius 2 is 2.28 bits per heavy atom. The first-order valence-electron chi connectivity index (χ1n) is 5.28. The first-order valence-corrected chi connectivity index (χ1v) is 7.87. The van der Waals surface area contributed by atoms with E-state index in [9.17, 15) is 0 Å². The van der Waals surface area contributed by atoms with Crippen LogP contribution in [0.25, 0.3) is 11.0 Å². The average Bonchev–Trinajstić information content (AvgIpc) is 2.92. The molecule has 0 fully saturated rings. The highest BCUT2D eigenvalue weighted by Gasteiger charge is 2.06. The van der Waals surface area contributed by atoms with E-state index in [4.69, 9.17) is 0 Å². The van der Waals surface area contributed by atoms with Gasteiger partial charge in [-0.3, -0.25) is 0 Å². The maximum Gasteiger partial charge on any atom is 0.174 e. The fraction of sp³-hybridized carbons (Fsp3) is 0.182. The monoisotopic (exact) mass is 340 g/mol. The van der Waals surface area contributed by atoms with Crippen molar-refractivity contribution in [3.8, 4) is 0 Å². The Hall–Kier alpha value is -0.920. The molecule has 0 aliphatic heterocycles. The molecule has 0 bridgehead atoms. The number of benzene rings is 1. The van der Waals surface area contributed by atoms with Crippen molar-refractivity contribution in [1.82, 2.24) is 20.2 Å². The Morgan fingerprint density at radius 3 is 3.06 bits per heavy atom. The van der Waals surface area contributed by atoms with Crippen molar-refractivity contribution < 1.29 is 0 Å². The molecular formula is C11H9BrN4S2. The number of halogens is 1. The number of hydrogen-bond acceptors (Lipinski definition) is 5. The van der Waals surface area contributed by atoms with Crippen LogP contribution in [-0.2, 0) is 5.75 Å². The third kappa shape index (κ3) is 2.57. The van der Waals surface area contributed by atoms with Gasteiger partial charge in [-0.05, 0) is 25.1 Å². The van der Waals surface area contributed by atoms with Gasteiger partial charge in [-0.1, -0.05) is 39.0 Å². The minimum atomic E-state index is 0.779. The second-order valence-corrected chi connectivity index (χ2v) is 7.04. The second kappa shape index (κ2) is 4.99. The Labute approximate surface area is 120 Å². The Morgan fingerprint density at radius 1 is 1.39 bits per heavy atom. The van der Waals surface area contributed by atoms with E-state index in [1.165, 1.54) is 0 Å². The van der Waals surface area contributed by atoms with Crippen LogP contribution >= 0.6 is 39.0 Å². The minimum Gasteiger partial charge on any atom is -0.341 e. The largest absolute Gasteiger partial charge is 0.341 e. The highest BCUT2D eigenvalue weighted by molar-refractivity contribution is 9.10. The normalized spacial score (nSPS) is 11.2. The summed E-state index contributed by atoms with van der Waals surface area (Å²) in [7, 11) is 0. The van der Waals surface area contributed by atoms with E-state index in [1.54, 1.807) is 23.1 Å². The summed E-state index contributed by atoms with van der Waals surface area (Å²) in [6.45, 7) is 1.96. The maximum absolute atomic E-state index is 4.53. The lowest BCUT2D eigenvalue weighted by molar-refractivity contribution is 0.982. The van der Waals surface area contributed by atoms with Gasteiger partial charge in [0.25, 0.3) is 0 Å².